The van der Waals surface area contributed by atoms with Crippen molar-refractivity contribution in [3.05, 3.63) is 35.4 Å². The third kappa shape index (κ3) is 5.69. The first-order valence-corrected chi connectivity index (χ1v) is 13.2. The number of benzene rings is 1. The van der Waals surface area contributed by atoms with Crippen LogP contribution < -0.4 is 0 Å². The summed E-state index contributed by atoms with van der Waals surface area (Å²) in [6.07, 6.45) is 22.2. The molecule has 0 N–H and O–H groups in total. The van der Waals surface area contributed by atoms with E-state index >= 15 is 0 Å². The van der Waals surface area contributed by atoms with Gasteiger partial charge in [0.1, 0.15) is 0 Å². The number of nitrogens with zero attached hydrogens (tertiary/aromatic N) is 1. The minimum atomic E-state index is 0.735. The van der Waals surface area contributed by atoms with Crippen molar-refractivity contribution >= 4 is 0 Å². The summed E-state index contributed by atoms with van der Waals surface area (Å²) in [7, 11) is 0. The highest BCUT2D eigenvalue weighted by molar-refractivity contribution is 5.33. The Morgan fingerprint density at radius 1 is 0.733 bits per heavy atom. The number of hydrogen-bond acceptors (Lipinski definition) is 1. The predicted octanol–water partition coefficient (Wildman–Crippen LogP) is 8.64. The van der Waals surface area contributed by atoms with Gasteiger partial charge in [0.05, 0.1) is 11.6 Å². The van der Waals surface area contributed by atoms with E-state index < -0.39 is 0 Å². The van der Waals surface area contributed by atoms with Crippen LogP contribution in [0.3, 0.4) is 0 Å². The Labute approximate surface area is 185 Å². The largest absolute Gasteiger partial charge is 0.192 e. The van der Waals surface area contributed by atoms with Crippen LogP contribution in [-0.2, 0) is 0 Å². The van der Waals surface area contributed by atoms with Gasteiger partial charge >= 0.3 is 0 Å². The van der Waals surface area contributed by atoms with Gasteiger partial charge in [-0.3, -0.25) is 0 Å². The molecule has 1 aromatic carbocycles. The summed E-state index contributed by atoms with van der Waals surface area (Å²) in [6, 6.07) is 10.7. The van der Waals surface area contributed by atoms with Gasteiger partial charge in [0.15, 0.2) is 0 Å². The molecule has 0 radical (unpaired) electrons. The fourth-order valence-corrected chi connectivity index (χ4v) is 7.15. The molecule has 1 heteroatoms. The van der Waals surface area contributed by atoms with Gasteiger partial charge < -0.3 is 0 Å². The summed E-state index contributed by atoms with van der Waals surface area (Å²) >= 11 is 0. The Hall–Kier alpha value is -1.29. The van der Waals surface area contributed by atoms with Crippen molar-refractivity contribution in [1.82, 2.24) is 0 Å². The third-order valence-electron chi connectivity index (χ3n) is 9.15. The summed E-state index contributed by atoms with van der Waals surface area (Å²) in [5.41, 5.74) is 2.27. The predicted molar refractivity (Wildman–Crippen MR) is 126 cm³/mol. The first-order chi connectivity index (χ1) is 14.7. The van der Waals surface area contributed by atoms with Crippen molar-refractivity contribution in [1.29, 1.82) is 5.26 Å². The maximum absolute atomic E-state index is 9.04. The molecule has 1 nitrogen and oxygen atoms in total. The molecule has 4 atom stereocenters. The monoisotopic (exact) mass is 405 g/mol. The van der Waals surface area contributed by atoms with E-state index in [1.165, 1.54) is 102 Å². The molecule has 0 aliphatic heterocycles. The Morgan fingerprint density at radius 2 is 1.33 bits per heavy atom. The highest BCUT2D eigenvalue weighted by atomic mass is 14.4. The molecule has 0 aromatic heterocycles. The van der Waals surface area contributed by atoms with Crippen LogP contribution >= 0.6 is 0 Å². The first kappa shape index (κ1) is 21.9. The Kier molecular flexibility index (Phi) is 7.92. The van der Waals surface area contributed by atoms with Crippen LogP contribution in [0.15, 0.2) is 24.3 Å². The average molecular weight is 406 g/mol. The lowest BCUT2D eigenvalue weighted by atomic mass is 9.63. The van der Waals surface area contributed by atoms with E-state index in [1.807, 2.05) is 12.1 Å². The molecule has 1 aromatic rings. The van der Waals surface area contributed by atoms with Gasteiger partial charge in [-0.2, -0.15) is 5.26 Å². The lowest BCUT2D eigenvalue weighted by Gasteiger charge is -2.43. The maximum atomic E-state index is 9.04. The molecule has 3 aliphatic carbocycles. The summed E-state index contributed by atoms with van der Waals surface area (Å²) in [4.78, 5) is 0. The van der Waals surface area contributed by atoms with Crippen LogP contribution in [0, 0.1) is 40.9 Å². The van der Waals surface area contributed by atoms with Gasteiger partial charge in [-0.1, -0.05) is 83.3 Å². The quantitative estimate of drug-likeness (QED) is 0.445. The second kappa shape index (κ2) is 10.8. The standard InChI is InChI=1S/C29H43N/c1-2-3-4-22-5-7-23(8-6-22)9-10-24-11-16-29-20-28(18-17-27(29)19-24)26-14-12-25(21-30)13-15-26/h12-15,22-24,27-29H,2-11,16-20H2,1H3. The SMILES string of the molecule is CCCCC1CCC(CCC2CCC3CC(c4ccc(C#N)cc4)CCC3C2)CC1. The van der Waals surface area contributed by atoms with Crippen molar-refractivity contribution in [2.75, 3.05) is 0 Å². The van der Waals surface area contributed by atoms with Crippen LogP contribution in [0.25, 0.3) is 0 Å². The molecular formula is C29H43N. The van der Waals surface area contributed by atoms with Crippen LogP contribution in [0.1, 0.15) is 120 Å². The second-order valence-corrected chi connectivity index (χ2v) is 11.0. The van der Waals surface area contributed by atoms with Crippen molar-refractivity contribution in [3.63, 3.8) is 0 Å². The van der Waals surface area contributed by atoms with Gasteiger partial charge in [-0.25, -0.2) is 0 Å². The van der Waals surface area contributed by atoms with E-state index in [4.69, 9.17) is 5.26 Å². The Morgan fingerprint density at radius 3 is 2.03 bits per heavy atom. The van der Waals surface area contributed by atoms with E-state index in [0.717, 1.165) is 41.1 Å². The normalized spacial score (nSPS) is 34.1. The molecule has 0 amide bonds. The number of unbranched alkanes of at least 4 members (excludes halogenated alkanes) is 1. The smallest absolute Gasteiger partial charge is 0.0991 e. The van der Waals surface area contributed by atoms with Crippen molar-refractivity contribution < 1.29 is 0 Å². The minimum Gasteiger partial charge on any atom is -0.192 e. The fourth-order valence-electron chi connectivity index (χ4n) is 7.15. The molecule has 0 heterocycles. The van der Waals surface area contributed by atoms with Crippen molar-refractivity contribution in [2.45, 2.75) is 109 Å². The highest BCUT2D eigenvalue weighted by Gasteiger charge is 2.36. The van der Waals surface area contributed by atoms with Gasteiger partial charge in [0.25, 0.3) is 0 Å². The van der Waals surface area contributed by atoms with Crippen molar-refractivity contribution in [3.8, 4) is 6.07 Å². The molecule has 3 saturated carbocycles. The van der Waals surface area contributed by atoms with Crippen LogP contribution in [-0.4, -0.2) is 0 Å². The van der Waals surface area contributed by atoms with Crippen LogP contribution in [0.4, 0.5) is 0 Å². The lowest BCUT2D eigenvalue weighted by molar-refractivity contribution is 0.108. The summed E-state index contributed by atoms with van der Waals surface area (Å²) in [5, 5.41) is 9.04. The minimum absolute atomic E-state index is 0.735. The first-order valence-electron chi connectivity index (χ1n) is 13.2. The average Bonchev–Trinajstić information content (AvgIpc) is 2.81. The van der Waals surface area contributed by atoms with E-state index in [-0.39, 0.29) is 0 Å². The van der Waals surface area contributed by atoms with E-state index in [0.29, 0.717) is 0 Å². The zero-order chi connectivity index (χ0) is 20.8. The molecule has 4 rings (SSSR count). The third-order valence-corrected chi connectivity index (χ3v) is 9.15. The maximum Gasteiger partial charge on any atom is 0.0991 e. The molecule has 30 heavy (non-hydrogen) atoms. The zero-order valence-electron chi connectivity index (χ0n) is 19.3. The Balaban J connectivity index is 1.18. The fraction of sp³-hybridized carbons (Fsp3) is 0.759. The van der Waals surface area contributed by atoms with Crippen molar-refractivity contribution in [2.24, 2.45) is 29.6 Å². The molecular weight excluding hydrogens is 362 g/mol. The summed E-state index contributed by atoms with van der Waals surface area (Å²) < 4.78 is 0. The highest BCUT2D eigenvalue weighted by Crippen LogP contribution is 2.48. The Bertz CT molecular complexity index is 675. The van der Waals surface area contributed by atoms with Gasteiger partial charge in [0, 0.05) is 0 Å². The van der Waals surface area contributed by atoms with E-state index in [2.05, 4.69) is 25.1 Å². The molecule has 0 saturated heterocycles. The van der Waals surface area contributed by atoms with E-state index in [1.54, 1.807) is 0 Å². The van der Waals surface area contributed by atoms with Gasteiger partial charge in [-0.15, -0.1) is 0 Å². The van der Waals surface area contributed by atoms with E-state index in [9.17, 15) is 0 Å². The molecule has 3 fully saturated rings. The summed E-state index contributed by atoms with van der Waals surface area (Å²) in [5.74, 6) is 5.83. The van der Waals surface area contributed by atoms with Crippen LogP contribution in [0.5, 0.6) is 0 Å². The number of rotatable bonds is 7. The molecule has 3 aliphatic rings. The molecule has 4 unspecified atom stereocenters. The lowest BCUT2D eigenvalue weighted by Crippen LogP contribution is -2.30. The van der Waals surface area contributed by atoms with Gasteiger partial charge in [-0.05, 0) is 85.3 Å². The molecule has 164 valence electrons. The molecule has 0 spiro atoms. The topological polar surface area (TPSA) is 23.8 Å². The number of nitriles is 1. The summed E-state index contributed by atoms with van der Waals surface area (Å²) in [6.45, 7) is 2.33. The number of fused-ring (bicyclic) bond motifs is 1. The van der Waals surface area contributed by atoms with Crippen LogP contribution in [0.2, 0.25) is 0 Å². The zero-order valence-corrected chi connectivity index (χ0v) is 19.3. The second-order valence-electron chi connectivity index (χ2n) is 11.0. The van der Waals surface area contributed by atoms with Gasteiger partial charge in [0.2, 0.25) is 0 Å². The molecule has 0 bridgehead atoms. The number of hydrogen-bond donors (Lipinski definition) is 0.